The highest BCUT2D eigenvalue weighted by molar-refractivity contribution is 6.42. The van der Waals surface area contributed by atoms with E-state index in [9.17, 15) is 0 Å². The molecule has 1 unspecified atom stereocenters. The van der Waals surface area contributed by atoms with E-state index in [1.807, 2.05) is 6.07 Å². The summed E-state index contributed by atoms with van der Waals surface area (Å²) < 4.78 is 5.78. The number of fused-ring (bicyclic) bond motifs is 1. The van der Waals surface area contributed by atoms with Crippen LogP contribution in [-0.2, 0) is 10.2 Å². The molecule has 3 rings (SSSR count). The summed E-state index contributed by atoms with van der Waals surface area (Å²) in [6.07, 6.45) is 1.36. The van der Waals surface area contributed by atoms with Gasteiger partial charge in [-0.15, -0.1) is 12.4 Å². The van der Waals surface area contributed by atoms with Gasteiger partial charge in [-0.3, -0.25) is 0 Å². The highest BCUT2D eigenvalue weighted by atomic mass is 35.5. The van der Waals surface area contributed by atoms with E-state index in [2.05, 4.69) is 31.3 Å². The van der Waals surface area contributed by atoms with Crippen molar-refractivity contribution in [1.82, 2.24) is 5.32 Å². The molecule has 21 heavy (non-hydrogen) atoms. The fourth-order valence-electron chi connectivity index (χ4n) is 3.84. The molecule has 1 N–H and O–H groups in total. The molecule has 0 radical (unpaired) electrons. The van der Waals surface area contributed by atoms with Gasteiger partial charge in [0.05, 0.1) is 16.1 Å². The van der Waals surface area contributed by atoms with Crippen molar-refractivity contribution in [3.8, 4) is 0 Å². The van der Waals surface area contributed by atoms with E-state index in [-0.39, 0.29) is 23.9 Å². The van der Waals surface area contributed by atoms with Crippen LogP contribution in [0.5, 0.6) is 0 Å². The number of halogens is 3. The third kappa shape index (κ3) is 3.07. The lowest BCUT2D eigenvalue weighted by molar-refractivity contribution is 0.0694. The quantitative estimate of drug-likeness (QED) is 0.854. The highest BCUT2D eigenvalue weighted by Crippen LogP contribution is 2.64. The Morgan fingerprint density at radius 1 is 1.24 bits per heavy atom. The summed E-state index contributed by atoms with van der Waals surface area (Å²) in [4.78, 5) is 0. The van der Waals surface area contributed by atoms with Gasteiger partial charge >= 0.3 is 0 Å². The largest absolute Gasteiger partial charge is 0.379 e. The second kappa shape index (κ2) is 6.64. The van der Waals surface area contributed by atoms with Crippen molar-refractivity contribution in [2.75, 3.05) is 19.7 Å². The Morgan fingerprint density at radius 2 is 1.90 bits per heavy atom. The summed E-state index contributed by atoms with van der Waals surface area (Å²) in [5.74, 6) is 1.44. The monoisotopic (exact) mass is 349 g/mol. The van der Waals surface area contributed by atoms with E-state index in [1.54, 1.807) is 0 Å². The summed E-state index contributed by atoms with van der Waals surface area (Å²) in [5, 5.41) is 4.76. The molecule has 2 fully saturated rings. The molecule has 0 spiro atoms. The van der Waals surface area contributed by atoms with Crippen LogP contribution in [0.25, 0.3) is 0 Å². The molecule has 1 saturated heterocycles. The number of piperidine rings is 1. The van der Waals surface area contributed by atoms with Crippen molar-refractivity contribution in [1.29, 1.82) is 0 Å². The van der Waals surface area contributed by atoms with Crippen LogP contribution in [-0.4, -0.2) is 25.8 Å². The lowest BCUT2D eigenvalue weighted by Gasteiger charge is -2.23. The van der Waals surface area contributed by atoms with Crippen LogP contribution in [0.15, 0.2) is 18.2 Å². The van der Waals surface area contributed by atoms with Crippen LogP contribution >= 0.6 is 35.6 Å². The summed E-state index contributed by atoms with van der Waals surface area (Å²) >= 11 is 12.3. The lowest BCUT2D eigenvalue weighted by atomic mass is 9.87. The molecule has 2 nitrogen and oxygen atoms in total. The molecule has 1 aromatic carbocycles. The first-order chi connectivity index (χ1) is 9.55. The molecule has 0 amide bonds. The molecule has 5 heteroatoms. The number of hydrogen-bond acceptors (Lipinski definition) is 2. The van der Waals surface area contributed by atoms with Crippen LogP contribution in [0, 0.1) is 11.8 Å². The molecule has 1 aromatic rings. The molecule has 2 aliphatic rings. The van der Waals surface area contributed by atoms with E-state index in [0.717, 1.165) is 38.0 Å². The zero-order chi connectivity index (χ0) is 14.3. The first kappa shape index (κ1) is 17.4. The Balaban J connectivity index is 0.00000161. The maximum absolute atomic E-state index is 6.21. The van der Waals surface area contributed by atoms with E-state index in [4.69, 9.17) is 27.9 Å². The van der Waals surface area contributed by atoms with Crippen molar-refractivity contribution in [3.05, 3.63) is 33.8 Å². The van der Waals surface area contributed by atoms with Gasteiger partial charge in [0.1, 0.15) is 0 Å². The number of nitrogens with one attached hydrogen (secondary N) is 1. The average molecular weight is 351 g/mol. The molecule has 1 aliphatic heterocycles. The average Bonchev–Trinajstić information content (AvgIpc) is 2.79. The van der Waals surface area contributed by atoms with Gasteiger partial charge in [0.15, 0.2) is 0 Å². The smallest absolute Gasteiger partial charge is 0.0595 e. The zero-order valence-electron chi connectivity index (χ0n) is 12.4. The standard InChI is InChI=1S/C16H21Cl2NO.ClH/c1-10(2)20-6-5-16(12-8-19-9-13(12)16)11-3-4-14(17)15(18)7-11;/h3-4,7,10,12-13,19H,5-6,8-9H2,1-2H3;1H/t12-,13+,16?;. The summed E-state index contributed by atoms with van der Waals surface area (Å²) in [6, 6.07) is 6.12. The Kier molecular flexibility index (Phi) is 5.49. The van der Waals surface area contributed by atoms with Gasteiger partial charge < -0.3 is 10.1 Å². The molecule has 1 aliphatic carbocycles. The predicted molar refractivity (Wildman–Crippen MR) is 90.9 cm³/mol. The molecule has 1 saturated carbocycles. The van der Waals surface area contributed by atoms with Crippen LogP contribution in [0.1, 0.15) is 25.8 Å². The topological polar surface area (TPSA) is 21.3 Å². The van der Waals surface area contributed by atoms with Gasteiger partial charge in [-0.25, -0.2) is 0 Å². The van der Waals surface area contributed by atoms with Crippen LogP contribution in [0.4, 0.5) is 0 Å². The summed E-state index contributed by atoms with van der Waals surface area (Å²) in [6.45, 7) is 7.19. The van der Waals surface area contributed by atoms with Crippen molar-refractivity contribution in [3.63, 3.8) is 0 Å². The van der Waals surface area contributed by atoms with Crippen molar-refractivity contribution >= 4 is 35.6 Å². The van der Waals surface area contributed by atoms with Crippen LogP contribution in [0.3, 0.4) is 0 Å². The Hall–Kier alpha value is 0.01000. The second-order valence-corrected chi connectivity index (χ2v) is 7.02. The fourth-order valence-corrected chi connectivity index (χ4v) is 4.14. The van der Waals surface area contributed by atoms with Crippen molar-refractivity contribution in [2.45, 2.75) is 31.8 Å². The van der Waals surface area contributed by atoms with Crippen molar-refractivity contribution < 1.29 is 4.74 Å². The number of rotatable bonds is 5. The first-order valence-corrected chi connectivity index (χ1v) is 8.09. The SMILES string of the molecule is CC(C)OCCC1(c2ccc(Cl)c(Cl)c2)[C@@H]2CNC[C@@H]21.Cl. The maximum atomic E-state index is 6.21. The first-order valence-electron chi connectivity index (χ1n) is 7.33. The third-order valence-corrected chi connectivity index (χ3v) is 5.59. The van der Waals surface area contributed by atoms with E-state index < -0.39 is 0 Å². The van der Waals surface area contributed by atoms with Gasteiger partial charge in [0, 0.05) is 12.0 Å². The van der Waals surface area contributed by atoms with Gasteiger partial charge in [0.25, 0.3) is 0 Å². The van der Waals surface area contributed by atoms with E-state index >= 15 is 0 Å². The molecule has 1 heterocycles. The normalized spacial score (nSPS) is 30.1. The van der Waals surface area contributed by atoms with Crippen LogP contribution < -0.4 is 5.32 Å². The van der Waals surface area contributed by atoms with Crippen LogP contribution in [0.2, 0.25) is 10.0 Å². The molecule has 118 valence electrons. The summed E-state index contributed by atoms with van der Waals surface area (Å²) in [5.41, 5.74) is 1.57. The lowest BCUT2D eigenvalue weighted by Crippen LogP contribution is -2.27. The maximum Gasteiger partial charge on any atom is 0.0595 e. The van der Waals surface area contributed by atoms with Crippen molar-refractivity contribution in [2.24, 2.45) is 11.8 Å². The third-order valence-electron chi connectivity index (χ3n) is 4.85. The highest BCUT2D eigenvalue weighted by Gasteiger charge is 2.66. The van der Waals surface area contributed by atoms with Gasteiger partial charge in [0.2, 0.25) is 0 Å². The molecule has 0 bridgehead atoms. The number of benzene rings is 1. The molecular formula is C16H22Cl3NO. The number of hydrogen-bond donors (Lipinski definition) is 1. The predicted octanol–water partition coefficient (Wildman–Crippen LogP) is 4.32. The summed E-state index contributed by atoms with van der Waals surface area (Å²) in [7, 11) is 0. The Bertz CT molecular complexity index is 496. The second-order valence-electron chi connectivity index (χ2n) is 6.21. The van der Waals surface area contributed by atoms with Gasteiger partial charge in [-0.1, -0.05) is 29.3 Å². The minimum Gasteiger partial charge on any atom is -0.379 e. The van der Waals surface area contributed by atoms with E-state index in [1.165, 1.54) is 5.56 Å². The Labute approximate surface area is 142 Å². The molecule has 3 atom stereocenters. The fraction of sp³-hybridized carbons (Fsp3) is 0.625. The van der Waals surface area contributed by atoms with Gasteiger partial charge in [-0.05, 0) is 62.9 Å². The molecular weight excluding hydrogens is 329 g/mol. The van der Waals surface area contributed by atoms with E-state index in [0.29, 0.717) is 10.0 Å². The minimum absolute atomic E-state index is 0. The molecule has 0 aromatic heterocycles. The Morgan fingerprint density at radius 3 is 2.48 bits per heavy atom. The minimum atomic E-state index is 0. The number of ether oxygens (including phenoxy) is 1. The van der Waals surface area contributed by atoms with Gasteiger partial charge in [-0.2, -0.15) is 0 Å². The zero-order valence-corrected chi connectivity index (χ0v) is 14.7.